The van der Waals surface area contributed by atoms with E-state index >= 15 is 0 Å². The van der Waals surface area contributed by atoms with Crippen molar-refractivity contribution in [3.63, 3.8) is 0 Å². The Kier molecular flexibility index (Phi) is 5.09. The number of nitrogens with one attached hydrogen (secondary N) is 1. The van der Waals surface area contributed by atoms with Crippen LogP contribution in [0.15, 0.2) is 18.2 Å². The SMILES string of the molecule is CCc1c(C)sc(NC(=O)c2ccc([N+](=O)[O-])cc2[N+](=O)[O-])c1C#N. The minimum Gasteiger partial charge on any atom is -0.312 e. The molecule has 0 aliphatic heterocycles. The van der Waals surface area contributed by atoms with Crippen molar-refractivity contribution in [3.8, 4) is 6.07 Å². The van der Waals surface area contributed by atoms with Crippen LogP contribution in [0, 0.1) is 38.5 Å². The molecular formula is C15H12N4O5S. The fourth-order valence-corrected chi connectivity index (χ4v) is 3.45. The first-order chi connectivity index (χ1) is 11.8. The van der Waals surface area contributed by atoms with Crippen LogP contribution in [-0.2, 0) is 6.42 Å². The minimum atomic E-state index is -0.857. The molecule has 9 nitrogen and oxygen atoms in total. The molecule has 0 atom stereocenters. The molecule has 0 saturated carbocycles. The Bertz CT molecular complexity index is 929. The second-order valence-corrected chi connectivity index (χ2v) is 6.20. The number of nitriles is 1. The number of nitrogens with zero attached hydrogens (tertiary/aromatic N) is 3. The van der Waals surface area contributed by atoms with Gasteiger partial charge in [-0.1, -0.05) is 6.92 Å². The summed E-state index contributed by atoms with van der Waals surface area (Å²) in [6.07, 6.45) is 0.610. The van der Waals surface area contributed by atoms with Crippen LogP contribution in [0.3, 0.4) is 0 Å². The number of nitro groups is 2. The summed E-state index contributed by atoms with van der Waals surface area (Å²) >= 11 is 1.20. The van der Waals surface area contributed by atoms with Crippen molar-refractivity contribution in [1.82, 2.24) is 0 Å². The Morgan fingerprint density at radius 3 is 2.52 bits per heavy atom. The number of rotatable bonds is 5. The van der Waals surface area contributed by atoms with Gasteiger partial charge in [0.25, 0.3) is 17.3 Å². The van der Waals surface area contributed by atoms with E-state index in [-0.39, 0.29) is 5.56 Å². The molecule has 0 unspecified atom stereocenters. The molecule has 0 radical (unpaired) electrons. The molecule has 1 heterocycles. The summed E-state index contributed by atoms with van der Waals surface area (Å²) in [6, 6.07) is 4.80. The molecule has 1 aromatic heterocycles. The third-order valence-electron chi connectivity index (χ3n) is 3.53. The van der Waals surface area contributed by atoms with Crippen LogP contribution in [0.4, 0.5) is 16.4 Å². The van der Waals surface area contributed by atoms with Gasteiger partial charge in [0, 0.05) is 10.9 Å². The zero-order valence-electron chi connectivity index (χ0n) is 13.2. The lowest BCUT2D eigenvalue weighted by atomic mass is 10.1. The van der Waals surface area contributed by atoms with E-state index in [9.17, 15) is 30.3 Å². The summed E-state index contributed by atoms with van der Waals surface area (Å²) in [4.78, 5) is 33.5. The quantitative estimate of drug-likeness (QED) is 0.638. The van der Waals surface area contributed by atoms with Gasteiger partial charge in [-0.15, -0.1) is 11.3 Å². The number of thiophene rings is 1. The Morgan fingerprint density at radius 1 is 1.32 bits per heavy atom. The number of benzene rings is 1. The predicted octanol–water partition coefficient (Wildman–Crippen LogP) is 3.56. The van der Waals surface area contributed by atoms with Gasteiger partial charge >= 0.3 is 0 Å². The van der Waals surface area contributed by atoms with Crippen molar-refractivity contribution in [2.24, 2.45) is 0 Å². The van der Waals surface area contributed by atoms with Gasteiger partial charge in [0.2, 0.25) is 0 Å². The smallest absolute Gasteiger partial charge is 0.289 e. The second kappa shape index (κ2) is 7.06. The molecule has 0 spiro atoms. The third-order valence-corrected chi connectivity index (χ3v) is 4.60. The number of amides is 1. The fraction of sp³-hybridized carbons (Fsp3) is 0.200. The van der Waals surface area contributed by atoms with Crippen LogP contribution in [-0.4, -0.2) is 15.8 Å². The van der Waals surface area contributed by atoms with E-state index in [4.69, 9.17) is 0 Å². The Hall–Kier alpha value is -3.32. The molecule has 0 aliphatic rings. The normalized spacial score (nSPS) is 10.1. The van der Waals surface area contributed by atoms with Gasteiger partial charge < -0.3 is 5.32 Å². The first-order valence-corrected chi connectivity index (χ1v) is 7.88. The molecule has 2 rings (SSSR count). The van der Waals surface area contributed by atoms with Gasteiger partial charge in [-0.05, 0) is 25.0 Å². The van der Waals surface area contributed by atoms with Crippen LogP contribution >= 0.6 is 11.3 Å². The third kappa shape index (κ3) is 3.46. The van der Waals surface area contributed by atoms with Crippen LogP contribution in [0.1, 0.15) is 33.3 Å². The first-order valence-electron chi connectivity index (χ1n) is 7.06. The monoisotopic (exact) mass is 360 g/mol. The maximum atomic E-state index is 12.4. The van der Waals surface area contributed by atoms with Gasteiger partial charge in [-0.2, -0.15) is 5.26 Å². The van der Waals surface area contributed by atoms with Crippen molar-refractivity contribution >= 4 is 33.6 Å². The van der Waals surface area contributed by atoms with Crippen molar-refractivity contribution < 1.29 is 14.6 Å². The molecular weight excluding hydrogens is 348 g/mol. The van der Waals surface area contributed by atoms with Crippen molar-refractivity contribution in [2.45, 2.75) is 20.3 Å². The number of anilines is 1. The number of aryl methyl sites for hydroxylation is 1. The number of hydrogen-bond donors (Lipinski definition) is 1. The number of non-ortho nitro benzene ring substituents is 1. The summed E-state index contributed by atoms with van der Waals surface area (Å²) in [7, 11) is 0. The van der Waals surface area contributed by atoms with Gasteiger partial charge in [0.1, 0.15) is 16.6 Å². The van der Waals surface area contributed by atoms with E-state index in [0.717, 1.165) is 28.6 Å². The van der Waals surface area contributed by atoms with Gasteiger partial charge in [-0.25, -0.2) is 0 Å². The van der Waals surface area contributed by atoms with E-state index < -0.39 is 27.1 Å². The van der Waals surface area contributed by atoms with E-state index in [0.29, 0.717) is 17.0 Å². The molecule has 0 fully saturated rings. The van der Waals surface area contributed by atoms with Crippen LogP contribution < -0.4 is 5.32 Å². The average molecular weight is 360 g/mol. The number of hydrogen-bond acceptors (Lipinski definition) is 7. The van der Waals surface area contributed by atoms with E-state index in [1.165, 1.54) is 11.3 Å². The Morgan fingerprint density at radius 2 is 2.00 bits per heavy atom. The summed E-state index contributed by atoms with van der Waals surface area (Å²) in [5.41, 5.74) is -0.345. The highest BCUT2D eigenvalue weighted by atomic mass is 32.1. The fourth-order valence-electron chi connectivity index (χ4n) is 2.36. The van der Waals surface area contributed by atoms with Crippen molar-refractivity contribution in [2.75, 3.05) is 5.32 Å². The first kappa shape index (κ1) is 18.0. The van der Waals surface area contributed by atoms with E-state index in [1.807, 2.05) is 19.9 Å². The van der Waals surface area contributed by atoms with Gasteiger partial charge in [0.15, 0.2) is 0 Å². The number of nitro benzene ring substituents is 2. The maximum absolute atomic E-state index is 12.4. The highest BCUT2D eigenvalue weighted by Gasteiger charge is 2.25. The Balaban J connectivity index is 2.44. The highest BCUT2D eigenvalue weighted by molar-refractivity contribution is 7.16. The number of carbonyl (C=O) groups is 1. The zero-order valence-corrected chi connectivity index (χ0v) is 14.0. The largest absolute Gasteiger partial charge is 0.312 e. The van der Waals surface area contributed by atoms with E-state index in [1.54, 1.807) is 0 Å². The molecule has 10 heteroatoms. The Labute approximate surface area is 145 Å². The molecule has 1 N–H and O–H groups in total. The molecule has 0 saturated heterocycles. The van der Waals surface area contributed by atoms with Crippen LogP contribution in [0.5, 0.6) is 0 Å². The molecule has 0 bridgehead atoms. The topological polar surface area (TPSA) is 139 Å². The minimum absolute atomic E-state index is 0.300. The van der Waals surface area contributed by atoms with Gasteiger partial charge in [-0.3, -0.25) is 25.0 Å². The molecule has 0 aliphatic carbocycles. The van der Waals surface area contributed by atoms with Crippen LogP contribution in [0.25, 0.3) is 0 Å². The lowest BCUT2D eigenvalue weighted by Crippen LogP contribution is -2.14. The molecule has 1 amide bonds. The predicted molar refractivity (Wildman–Crippen MR) is 90.9 cm³/mol. The lowest BCUT2D eigenvalue weighted by Gasteiger charge is -2.05. The average Bonchev–Trinajstić information content (AvgIpc) is 2.88. The second-order valence-electron chi connectivity index (χ2n) is 4.98. The summed E-state index contributed by atoms with van der Waals surface area (Å²) in [6.45, 7) is 3.69. The summed E-state index contributed by atoms with van der Waals surface area (Å²) in [5.74, 6) is -0.804. The van der Waals surface area contributed by atoms with Gasteiger partial charge in [0.05, 0.1) is 21.5 Å². The molecule has 1 aromatic carbocycles. The molecule has 2 aromatic rings. The molecule has 128 valence electrons. The highest BCUT2D eigenvalue weighted by Crippen LogP contribution is 2.34. The maximum Gasteiger partial charge on any atom is 0.289 e. The van der Waals surface area contributed by atoms with Crippen molar-refractivity contribution in [3.05, 3.63) is 60.0 Å². The summed E-state index contributed by atoms with van der Waals surface area (Å²) in [5, 5.41) is 34.0. The van der Waals surface area contributed by atoms with Crippen molar-refractivity contribution in [1.29, 1.82) is 5.26 Å². The van der Waals surface area contributed by atoms with Crippen LogP contribution in [0.2, 0.25) is 0 Å². The zero-order chi connectivity index (χ0) is 18.7. The van der Waals surface area contributed by atoms with E-state index in [2.05, 4.69) is 5.32 Å². The lowest BCUT2D eigenvalue weighted by molar-refractivity contribution is -0.394. The standard InChI is InChI=1S/C15H12N4O5S/c1-3-10-8(2)25-15(12(10)7-16)17-14(20)11-5-4-9(18(21)22)6-13(11)19(23)24/h4-6H,3H2,1-2H3,(H,17,20). The summed E-state index contributed by atoms with van der Waals surface area (Å²) < 4.78 is 0. The number of carbonyl (C=O) groups excluding carboxylic acids is 1. The molecule has 25 heavy (non-hydrogen) atoms.